The maximum absolute atomic E-state index is 5.53. The highest BCUT2D eigenvalue weighted by Gasteiger charge is 2.30. The summed E-state index contributed by atoms with van der Waals surface area (Å²) in [6.45, 7) is 4.93. The molecule has 0 N–H and O–H groups in total. The Labute approximate surface area is 123 Å². The highest BCUT2D eigenvalue weighted by atomic mass is 16.5. The Morgan fingerprint density at radius 2 is 1.80 bits per heavy atom. The highest BCUT2D eigenvalue weighted by Crippen LogP contribution is 2.37. The van der Waals surface area contributed by atoms with Crippen LogP contribution in [0.2, 0.25) is 0 Å². The summed E-state index contributed by atoms with van der Waals surface area (Å²) >= 11 is 0. The maximum Gasteiger partial charge on any atom is 0.122 e. The van der Waals surface area contributed by atoms with E-state index in [4.69, 9.17) is 4.74 Å². The SMILES string of the molecule is COc1ccccc1C1CCN(C2CCC(C)C2)CC1. The zero-order valence-corrected chi connectivity index (χ0v) is 12.8. The monoisotopic (exact) mass is 273 g/mol. The summed E-state index contributed by atoms with van der Waals surface area (Å²) in [6.07, 6.45) is 6.83. The van der Waals surface area contributed by atoms with Crippen molar-refractivity contribution in [1.82, 2.24) is 4.90 Å². The van der Waals surface area contributed by atoms with Gasteiger partial charge < -0.3 is 9.64 Å². The Kier molecular flexibility index (Phi) is 4.30. The van der Waals surface area contributed by atoms with Gasteiger partial charge in [0.2, 0.25) is 0 Å². The second kappa shape index (κ2) is 6.17. The van der Waals surface area contributed by atoms with E-state index in [9.17, 15) is 0 Å². The molecule has 0 bridgehead atoms. The second-order valence-corrected chi connectivity index (χ2v) is 6.62. The van der Waals surface area contributed by atoms with E-state index in [1.54, 1.807) is 7.11 Å². The molecule has 1 aromatic rings. The van der Waals surface area contributed by atoms with Gasteiger partial charge in [0.15, 0.2) is 0 Å². The molecule has 2 heteroatoms. The van der Waals surface area contributed by atoms with E-state index in [0.717, 1.165) is 17.7 Å². The van der Waals surface area contributed by atoms with Gasteiger partial charge in [0.25, 0.3) is 0 Å². The van der Waals surface area contributed by atoms with Crippen LogP contribution in [0.5, 0.6) is 5.75 Å². The third-order valence-electron chi connectivity index (χ3n) is 5.29. The Hall–Kier alpha value is -1.02. The summed E-state index contributed by atoms with van der Waals surface area (Å²) in [6, 6.07) is 9.42. The summed E-state index contributed by atoms with van der Waals surface area (Å²) in [7, 11) is 1.79. The zero-order chi connectivity index (χ0) is 13.9. The van der Waals surface area contributed by atoms with Crippen LogP contribution in [0.25, 0.3) is 0 Å². The van der Waals surface area contributed by atoms with Crippen LogP contribution in [0.3, 0.4) is 0 Å². The van der Waals surface area contributed by atoms with Gasteiger partial charge >= 0.3 is 0 Å². The first kappa shape index (κ1) is 13.9. The van der Waals surface area contributed by atoms with Crippen LogP contribution in [0.4, 0.5) is 0 Å². The van der Waals surface area contributed by atoms with Gasteiger partial charge in [-0.05, 0) is 68.7 Å². The molecule has 1 aromatic carbocycles. The summed E-state index contributed by atoms with van der Waals surface area (Å²) in [5.74, 6) is 2.69. The van der Waals surface area contributed by atoms with Gasteiger partial charge in [0.05, 0.1) is 7.11 Å². The van der Waals surface area contributed by atoms with Gasteiger partial charge in [-0.1, -0.05) is 25.1 Å². The van der Waals surface area contributed by atoms with Crippen molar-refractivity contribution in [3.05, 3.63) is 29.8 Å². The molecule has 1 aliphatic heterocycles. The zero-order valence-electron chi connectivity index (χ0n) is 12.8. The fourth-order valence-electron chi connectivity index (χ4n) is 4.09. The molecule has 110 valence electrons. The van der Waals surface area contributed by atoms with Crippen LogP contribution >= 0.6 is 0 Å². The average molecular weight is 273 g/mol. The molecule has 0 radical (unpaired) electrons. The van der Waals surface area contributed by atoms with Crippen molar-refractivity contribution >= 4 is 0 Å². The number of piperidine rings is 1. The summed E-state index contributed by atoms with van der Waals surface area (Å²) < 4.78 is 5.53. The molecule has 0 spiro atoms. The van der Waals surface area contributed by atoms with E-state index >= 15 is 0 Å². The number of hydrogen-bond donors (Lipinski definition) is 0. The third-order valence-corrected chi connectivity index (χ3v) is 5.29. The van der Waals surface area contributed by atoms with Crippen molar-refractivity contribution in [2.75, 3.05) is 20.2 Å². The van der Waals surface area contributed by atoms with E-state index < -0.39 is 0 Å². The van der Waals surface area contributed by atoms with Crippen molar-refractivity contribution in [2.45, 2.75) is 51.0 Å². The predicted molar refractivity (Wildman–Crippen MR) is 83.3 cm³/mol. The van der Waals surface area contributed by atoms with E-state index in [1.165, 1.54) is 50.8 Å². The number of likely N-dealkylation sites (tertiary alicyclic amines) is 1. The van der Waals surface area contributed by atoms with Gasteiger partial charge in [0.1, 0.15) is 5.75 Å². The lowest BCUT2D eigenvalue weighted by molar-refractivity contribution is 0.151. The van der Waals surface area contributed by atoms with Crippen molar-refractivity contribution in [1.29, 1.82) is 0 Å². The predicted octanol–water partition coefficient (Wildman–Crippen LogP) is 4.06. The molecule has 2 atom stereocenters. The summed E-state index contributed by atoms with van der Waals surface area (Å²) in [4.78, 5) is 2.75. The number of methoxy groups -OCH3 is 1. The Bertz CT molecular complexity index is 437. The number of para-hydroxylation sites is 1. The molecule has 0 aromatic heterocycles. The van der Waals surface area contributed by atoms with Crippen molar-refractivity contribution in [2.24, 2.45) is 5.92 Å². The lowest BCUT2D eigenvalue weighted by atomic mass is 9.88. The lowest BCUT2D eigenvalue weighted by Crippen LogP contribution is -2.39. The average Bonchev–Trinajstić information content (AvgIpc) is 2.94. The standard InChI is InChI=1S/C18H27NO/c1-14-7-8-16(13-14)19-11-9-15(10-12-19)17-5-3-4-6-18(17)20-2/h3-6,14-16H,7-13H2,1-2H3. The highest BCUT2D eigenvalue weighted by molar-refractivity contribution is 5.36. The number of hydrogen-bond acceptors (Lipinski definition) is 2. The van der Waals surface area contributed by atoms with E-state index in [0.29, 0.717) is 5.92 Å². The van der Waals surface area contributed by atoms with Crippen LogP contribution in [0.15, 0.2) is 24.3 Å². The Balaban J connectivity index is 1.61. The molecule has 2 unspecified atom stereocenters. The fourth-order valence-corrected chi connectivity index (χ4v) is 4.09. The minimum absolute atomic E-state index is 0.682. The molecule has 2 nitrogen and oxygen atoms in total. The van der Waals surface area contributed by atoms with E-state index in [-0.39, 0.29) is 0 Å². The molecule has 1 saturated heterocycles. The van der Waals surface area contributed by atoms with Gasteiger partial charge in [-0.25, -0.2) is 0 Å². The van der Waals surface area contributed by atoms with Gasteiger partial charge in [-0.15, -0.1) is 0 Å². The smallest absolute Gasteiger partial charge is 0.122 e. The minimum atomic E-state index is 0.682. The molecule has 1 saturated carbocycles. The number of rotatable bonds is 3. The molecule has 2 fully saturated rings. The Morgan fingerprint density at radius 1 is 1.05 bits per heavy atom. The first-order chi connectivity index (χ1) is 9.78. The van der Waals surface area contributed by atoms with Gasteiger partial charge in [-0.2, -0.15) is 0 Å². The first-order valence-corrected chi connectivity index (χ1v) is 8.15. The Morgan fingerprint density at radius 3 is 2.45 bits per heavy atom. The van der Waals surface area contributed by atoms with Crippen molar-refractivity contribution in [3.8, 4) is 5.75 Å². The second-order valence-electron chi connectivity index (χ2n) is 6.62. The minimum Gasteiger partial charge on any atom is -0.496 e. The summed E-state index contributed by atoms with van der Waals surface area (Å²) in [5, 5.41) is 0. The maximum atomic E-state index is 5.53. The largest absolute Gasteiger partial charge is 0.496 e. The normalized spacial score (nSPS) is 28.7. The number of benzene rings is 1. The molecule has 3 rings (SSSR count). The van der Waals surface area contributed by atoms with E-state index in [2.05, 4.69) is 36.1 Å². The molecule has 0 amide bonds. The molecule has 1 aliphatic carbocycles. The first-order valence-electron chi connectivity index (χ1n) is 8.15. The van der Waals surface area contributed by atoms with Crippen LogP contribution < -0.4 is 4.74 Å². The van der Waals surface area contributed by atoms with Crippen molar-refractivity contribution in [3.63, 3.8) is 0 Å². The van der Waals surface area contributed by atoms with Crippen LogP contribution in [0.1, 0.15) is 50.5 Å². The third kappa shape index (κ3) is 2.85. The quantitative estimate of drug-likeness (QED) is 0.823. The fraction of sp³-hybridized carbons (Fsp3) is 0.667. The molecule has 2 aliphatic rings. The molecular weight excluding hydrogens is 246 g/mol. The van der Waals surface area contributed by atoms with Gasteiger partial charge in [0, 0.05) is 6.04 Å². The number of ether oxygens (including phenoxy) is 1. The van der Waals surface area contributed by atoms with Gasteiger partial charge in [-0.3, -0.25) is 0 Å². The van der Waals surface area contributed by atoms with Crippen LogP contribution in [-0.2, 0) is 0 Å². The van der Waals surface area contributed by atoms with Crippen LogP contribution in [0, 0.1) is 5.92 Å². The molecular formula is C18H27NO. The lowest BCUT2D eigenvalue weighted by Gasteiger charge is -2.36. The molecule has 1 heterocycles. The number of nitrogens with zero attached hydrogens (tertiary/aromatic N) is 1. The molecule has 20 heavy (non-hydrogen) atoms. The van der Waals surface area contributed by atoms with Crippen LogP contribution in [-0.4, -0.2) is 31.1 Å². The van der Waals surface area contributed by atoms with Crippen molar-refractivity contribution < 1.29 is 4.74 Å². The summed E-state index contributed by atoms with van der Waals surface area (Å²) in [5.41, 5.74) is 1.41. The van der Waals surface area contributed by atoms with E-state index in [1.807, 2.05) is 0 Å². The topological polar surface area (TPSA) is 12.5 Å².